The van der Waals surface area contributed by atoms with E-state index >= 15 is 0 Å². The predicted molar refractivity (Wildman–Crippen MR) is 86.3 cm³/mol. The molecule has 1 aliphatic carbocycles. The first kappa shape index (κ1) is 15.2. The lowest BCUT2D eigenvalue weighted by atomic mass is 10.2. The van der Waals surface area contributed by atoms with E-state index in [0.29, 0.717) is 50.5 Å². The van der Waals surface area contributed by atoms with Crippen molar-refractivity contribution in [3.63, 3.8) is 0 Å². The van der Waals surface area contributed by atoms with Gasteiger partial charge in [0.2, 0.25) is 10.0 Å². The van der Waals surface area contributed by atoms with E-state index in [1.807, 2.05) is 17.0 Å². The van der Waals surface area contributed by atoms with Crippen molar-refractivity contribution in [2.75, 3.05) is 31.1 Å². The summed E-state index contributed by atoms with van der Waals surface area (Å²) in [5.41, 5.74) is 0.659. The Morgan fingerprint density at radius 3 is 2.70 bits per heavy atom. The number of benzene rings is 1. The second kappa shape index (κ2) is 5.65. The highest BCUT2D eigenvalue weighted by Gasteiger charge is 2.42. The highest BCUT2D eigenvalue weighted by Crippen LogP contribution is 2.41. The van der Waals surface area contributed by atoms with E-state index in [1.165, 1.54) is 0 Å². The largest absolute Gasteiger partial charge is 0.492 e. The highest BCUT2D eigenvalue weighted by molar-refractivity contribution is 7.89. The van der Waals surface area contributed by atoms with Crippen LogP contribution in [0.3, 0.4) is 0 Å². The summed E-state index contributed by atoms with van der Waals surface area (Å²) >= 11 is 0. The van der Waals surface area contributed by atoms with Gasteiger partial charge in [-0.15, -0.1) is 0 Å². The third-order valence-electron chi connectivity index (χ3n) is 4.76. The number of ether oxygens (including phenoxy) is 1. The van der Waals surface area contributed by atoms with Gasteiger partial charge < -0.3 is 14.7 Å². The van der Waals surface area contributed by atoms with Crippen molar-refractivity contribution in [3.05, 3.63) is 18.2 Å². The van der Waals surface area contributed by atoms with Crippen molar-refractivity contribution >= 4 is 15.7 Å². The summed E-state index contributed by atoms with van der Waals surface area (Å²) in [6.07, 6.45) is 2.86. The molecular formula is C16H22N2O4S. The Labute approximate surface area is 136 Å². The van der Waals surface area contributed by atoms with Crippen LogP contribution in [0.4, 0.5) is 5.69 Å². The van der Waals surface area contributed by atoms with Gasteiger partial charge in [0, 0.05) is 25.7 Å². The Hall–Kier alpha value is -1.31. The topological polar surface area (TPSA) is 70.1 Å². The molecule has 0 radical (unpaired) electrons. The summed E-state index contributed by atoms with van der Waals surface area (Å²) in [4.78, 5) is 2.23. The molecule has 3 aliphatic rings. The van der Waals surface area contributed by atoms with Crippen molar-refractivity contribution in [3.8, 4) is 5.75 Å². The van der Waals surface area contributed by atoms with E-state index in [0.717, 1.165) is 12.8 Å². The molecule has 0 spiro atoms. The molecule has 23 heavy (non-hydrogen) atoms. The smallest absolute Gasteiger partial charge is 0.249 e. The van der Waals surface area contributed by atoms with Crippen molar-refractivity contribution in [1.29, 1.82) is 0 Å². The molecule has 1 atom stereocenters. The lowest BCUT2D eigenvalue weighted by Crippen LogP contribution is -2.37. The molecule has 1 aromatic carbocycles. The van der Waals surface area contributed by atoms with Gasteiger partial charge in [-0.05, 0) is 37.8 Å². The first-order valence-corrected chi connectivity index (χ1v) is 9.72. The molecule has 126 valence electrons. The molecule has 6 nitrogen and oxygen atoms in total. The number of nitrogens with zero attached hydrogens (tertiary/aromatic N) is 2. The van der Waals surface area contributed by atoms with Gasteiger partial charge in [0.1, 0.15) is 10.6 Å². The third-order valence-corrected chi connectivity index (χ3v) is 6.79. The zero-order valence-electron chi connectivity index (χ0n) is 13.0. The Bertz CT molecular complexity index is 702. The molecule has 0 amide bonds. The number of sulfonamides is 1. The van der Waals surface area contributed by atoms with Crippen LogP contribution >= 0.6 is 0 Å². The molecular weight excluding hydrogens is 316 g/mol. The lowest BCUT2D eigenvalue weighted by Gasteiger charge is -2.30. The van der Waals surface area contributed by atoms with Crippen LogP contribution in [0.25, 0.3) is 0 Å². The predicted octanol–water partition coefficient (Wildman–Crippen LogP) is 1.19. The third kappa shape index (κ3) is 2.70. The zero-order valence-corrected chi connectivity index (χ0v) is 13.8. The molecule has 1 N–H and O–H groups in total. The maximum atomic E-state index is 13.3. The minimum atomic E-state index is -3.58. The van der Waals surface area contributed by atoms with Gasteiger partial charge in [0.25, 0.3) is 0 Å². The van der Waals surface area contributed by atoms with Gasteiger partial charge in [-0.1, -0.05) is 6.07 Å². The molecule has 0 aromatic heterocycles. The fourth-order valence-electron chi connectivity index (χ4n) is 3.47. The molecule has 2 fully saturated rings. The monoisotopic (exact) mass is 338 g/mol. The lowest BCUT2D eigenvalue weighted by molar-refractivity contribution is 0.198. The maximum absolute atomic E-state index is 13.3. The van der Waals surface area contributed by atoms with Crippen molar-refractivity contribution in [1.82, 2.24) is 4.31 Å². The summed E-state index contributed by atoms with van der Waals surface area (Å²) in [6.45, 7) is 2.17. The highest BCUT2D eigenvalue weighted by atomic mass is 32.2. The van der Waals surface area contributed by atoms with Gasteiger partial charge in [-0.2, -0.15) is 4.31 Å². The minimum Gasteiger partial charge on any atom is -0.492 e. The number of aliphatic hydroxyl groups is 1. The number of aliphatic hydroxyl groups excluding tert-OH is 1. The van der Waals surface area contributed by atoms with E-state index in [1.54, 1.807) is 10.4 Å². The molecule has 2 heterocycles. The molecule has 0 bridgehead atoms. The summed E-state index contributed by atoms with van der Waals surface area (Å²) in [7, 11) is -3.58. The summed E-state index contributed by atoms with van der Waals surface area (Å²) in [6, 6.07) is 5.53. The average molecular weight is 338 g/mol. The van der Waals surface area contributed by atoms with Crippen molar-refractivity contribution < 1.29 is 18.3 Å². The van der Waals surface area contributed by atoms with Gasteiger partial charge in [-0.25, -0.2) is 8.42 Å². The van der Waals surface area contributed by atoms with Crippen LogP contribution in [-0.4, -0.2) is 56.2 Å². The molecule has 1 saturated carbocycles. The minimum absolute atomic E-state index is 0.142. The van der Waals surface area contributed by atoms with Crippen molar-refractivity contribution in [2.24, 2.45) is 0 Å². The van der Waals surface area contributed by atoms with Gasteiger partial charge in [-0.3, -0.25) is 0 Å². The second-order valence-electron chi connectivity index (χ2n) is 6.54. The van der Waals surface area contributed by atoms with E-state index in [-0.39, 0.29) is 10.9 Å². The summed E-state index contributed by atoms with van der Waals surface area (Å²) in [5, 5.41) is 9.81. The van der Waals surface area contributed by atoms with Crippen LogP contribution in [0.2, 0.25) is 0 Å². The molecule has 2 aliphatic heterocycles. The Morgan fingerprint density at radius 2 is 2.00 bits per heavy atom. The summed E-state index contributed by atoms with van der Waals surface area (Å²) < 4.78 is 34.0. The van der Waals surface area contributed by atoms with E-state index < -0.39 is 16.1 Å². The average Bonchev–Trinajstić information content (AvgIpc) is 3.25. The summed E-state index contributed by atoms with van der Waals surface area (Å²) in [5.74, 6) is 0.439. The number of hydrogen-bond acceptors (Lipinski definition) is 5. The maximum Gasteiger partial charge on any atom is 0.249 e. The van der Waals surface area contributed by atoms with Crippen LogP contribution in [0, 0.1) is 0 Å². The number of hydrogen-bond donors (Lipinski definition) is 1. The second-order valence-corrected chi connectivity index (χ2v) is 8.37. The fourth-order valence-corrected chi connectivity index (χ4v) is 5.52. The fraction of sp³-hybridized carbons (Fsp3) is 0.625. The number of fused-ring (bicyclic) bond motifs is 1. The quantitative estimate of drug-likeness (QED) is 0.877. The Morgan fingerprint density at radius 1 is 1.17 bits per heavy atom. The Balaban J connectivity index is 1.83. The molecule has 4 rings (SSSR count). The van der Waals surface area contributed by atoms with Crippen LogP contribution in [0.15, 0.2) is 23.1 Å². The molecule has 7 heteroatoms. The van der Waals surface area contributed by atoms with Gasteiger partial charge in [0.05, 0.1) is 18.4 Å². The first-order chi connectivity index (χ1) is 11.1. The van der Waals surface area contributed by atoms with E-state index in [9.17, 15) is 13.5 Å². The van der Waals surface area contributed by atoms with Crippen LogP contribution in [0.5, 0.6) is 5.75 Å². The van der Waals surface area contributed by atoms with Crippen LogP contribution < -0.4 is 9.64 Å². The van der Waals surface area contributed by atoms with Crippen LogP contribution in [-0.2, 0) is 10.0 Å². The number of anilines is 1. The molecule has 1 saturated heterocycles. The van der Waals surface area contributed by atoms with Gasteiger partial charge >= 0.3 is 0 Å². The standard InChI is InChI=1S/C16H22N2O4S/c19-13-7-9-17(11-13)14-3-1-4-15-16(14)23(20,21)18(12-5-6-12)8-2-10-22-15/h1,3-4,12-13,19H,2,5-11H2/t13-/m0/s1. The number of rotatable bonds is 2. The van der Waals surface area contributed by atoms with Gasteiger partial charge in [0.15, 0.2) is 0 Å². The van der Waals surface area contributed by atoms with Crippen molar-refractivity contribution in [2.45, 2.75) is 42.7 Å². The van der Waals surface area contributed by atoms with E-state index in [4.69, 9.17) is 4.74 Å². The van der Waals surface area contributed by atoms with Crippen LogP contribution in [0.1, 0.15) is 25.7 Å². The SMILES string of the molecule is O=S1(=O)c2c(cccc2N2CC[C@H](O)C2)OCCCN1C1CC1. The normalized spacial score (nSPS) is 27.9. The molecule has 1 aromatic rings. The zero-order chi connectivity index (χ0) is 16.0. The number of β-amino-alcohol motifs (C(OH)–C–C–N with tert-alkyl or cyclic N) is 1. The molecule has 0 unspecified atom stereocenters. The Kier molecular flexibility index (Phi) is 3.74. The first-order valence-electron chi connectivity index (χ1n) is 8.28. The van der Waals surface area contributed by atoms with E-state index in [2.05, 4.69) is 0 Å².